The fourth-order valence-corrected chi connectivity index (χ4v) is 3.67. The third-order valence-corrected chi connectivity index (χ3v) is 5.41. The van der Waals surface area contributed by atoms with Gasteiger partial charge in [0.1, 0.15) is 0 Å². The Morgan fingerprint density at radius 2 is 1.97 bits per heavy atom. The molecular formula is C23H29F2N3O3. The summed E-state index contributed by atoms with van der Waals surface area (Å²) in [6.45, 7) is 6.69. The van der Waals surface area contributed by atoms with Crippen LogP contribution in [-0.2, 0) is 16.6 Å². The number of carbonyl (C=O) groups excluding carboxylic acids is 1. The molecule has 1 aliphatic carbocycles. The molecule has 1 saturated carbocycles. The van der Waals surface area contributed by atoms with Gasteiger partial charge in [0.2, 0.25) is 11.8 Å². The number of hydrogen-bond acceptors (Lipinski definition) is 4. The lowest BCUT2D eigenvalue weighted by molar-refractivity contribution is -0.145. The number of aryl methyl sites for hydroxylation is 2. The molecule has 1 aromatic heterocycles. The number of rotatable bonds is 8. The molecule has 1 aromatic carbocycles. The third kappa shape index (κ3) is 5.50. The van der Waals surface area contributed by atoms with E-state index in [-0.39, 0.29) is 11.6 Å². The Morgan fingerprint density at radius 1 is 1.26 bits per heavy atom. The number of halogens is 2. The molecule has 0 radical (unpaired) electrons. The Kier molecular flexibility index (Phi) is 6.79. The van der Waals surface area contributed by atoms with E-state index < -0.39 is 30.6 Å². The highest BCUT2D eigenvalue weighted by atomic mass is 19.3. The zero-order chi connectivity index (χ0) is 22.8. The molecule has 0 bridgehead atoms. The molecule has 2 N–H and O–H groups in total. The largest absolute Gasteiger partial charge is 0.380 e. The summed E-state index contributed by atoms with van der Waals surface area (Å²) in [5, 5.41) is 6.13. The van der Waals surface area contributed by atoms with Crippen molar-refractivity contribution in [1.29, 1.82) is 0 Å². The number of hydrogen-bond donors (Lipinski definition) is 2. The van der Waals surface area contributed by atoms with Crippen molar-refractivity contribution in [2.45, 2.75) is 45.6 Å². The second-order valence-electron chi connectivity index (χ2n) is 8.24. The third-order valence-electron chi connectivity index (χ3n) is 5.41. The molecule has 0 saturated heterocycles. The lowest BCUT2D eigenvalue weighted by Crippen LogP contribution is -2.42. The van der Waals surface area contributed by atoms with E-state index in [1.54, 1.807) is 26.2 Å². The van der Waals surface area contributed by atoms with E-state index in [0.29, 0.717) is 30.2 Å². The van der Waals surface area contributed by atoms with E-state index in [4.69, 9.17) is 4.74 Å². The van der Waals surface area contributed by atoms with E-state index in [0.717, 1.165) is 11.1 Å². The Morgan fingerprint density at radius 3 is 2.58 bits per heavy atom. The zero-order valence-electron chi connectivity index (χ0n) is 18.3. The van der Waals surface area contributed by atoms with Crippen molar-refractivity contribution in [1.82, 2.24) is 4.57 Å². The maximum atomic E-state index is 13.2. The van der Waals surface area contributed by atoms with Gasteiger partial charge in [-0.15, -0.1) is 0 Å². The van der Waals surface area contributed by atoms with E-state index in [2.05, 4.69) is 10.6 Å². The number of benzene rings is 1. The molecule has 0 unspecified atom stereocenters. The number of carbonyl (C=O) groups is 1. The van der Waals surface area contributed by atoms with Gasteiger partial charge in [0, 0.05) is 50.2 Å². The summed E-state index contributed by atoms with van der Waals surface area (Å²) in [4.78, 5) is 24.5. The Hall–Kier alpha value is -2.74. The number of ether oxygens (including phenoxy) is 1. The fourth-order valence-electron chi connectivity index (χ4n) is 3.67. The van der Waals surface area contributed by atoms with Crippen molar-refractivity contribution < 1.29 is 18.3 Å². The van der Waals surface area contributed by atoms with Crippen molar-refractivity contribution in [2.24, 2.45) is 13.0 Å². The first kappa shape index (κ1) is 22.9. The van der Waals surface area contributed by atoms with Gasteiger partial charge >= 0.3 is 0 Å². The van der Waals surface area contributed by atoms with Crippen LogP contribution in [0.1, 0.15) is 32.3 Å². The van der Waals surface area contributed by atoms with Crippen LogP contribution in [0, 0.1) is 12.8 Å². The van der Waals surface area contributed by atoms with Crippen molar-refractivity contribution >= 4 is 17.3 Å². The maximum absolute atomic E-state index is 13.2. The molecule has 168 valence electrons. The van der Waals surface area contributed by atoms with Crippen molar-refractivity contribution in [3.63, 3.8) is 0 Å². The molecule has 0 aliphatic heterocycles. The second kappa shape index (κ2) is 9.18. The standard InChI is InChI=1S/C23H29F2N3O3/c1-5-31-13-15(3)26-20-9-16(17-8-14(2)22(30)28(4)12-17)6-7-19(20)27-21(29)18-10-23(24,25)11-18/h6-9,12,15,18,26H,5,10-11,13H2,1-4H3,(H,27,29)/t15-/m1/s1. The van der Waals surface area contributed by atoms with E-state index >= 15 is 0 Å². The van der Waals surface area contributed by atoms with Crippen LogP contribution in [-0.4, -0.2) is 35.7 Å². The van der Waals surface area contributed by atoms with Gasteiger partial charge in [0.15, 0.2) is 0 Å². The summed E-state index contributed by atoms with van der Waals surface area (Å²) in [5.74, 6) is -3.84. The van der Waals surface area contributed by atoms with Gasteiger partial charge in [0.25, 0.3) is 5.56 Å². The molecule has 1 amide bonds. The topological polar surface area (TPSA) is 72.4 Å². The summed E-state index contributed by atoms with van der Waals surface area (Å²) in [5.41, 5.74) is 3.47. The number of nitrogens with one attached hydrogen (secondary N) is 2. The van der Waals surface area contributed by atoms with Gasteiger partial charge in [-0.3, -0.25) is 9.59 Å². The average molecular weight is 433 g/mol. The first-order valence-electron chi connectivity index (χ1n) is 10.4. The highest BCUT2D eigenvalue weighted by molar-refractivity contribution is 5.97. The van der Waals surface area contributed by atoms with Crippen LogP contribution in [0.2, 0.25) is 0 Å². The molecule has 1 atom stereocenters. The lowest BCUT2D eigenvalue weighted by Gasteiger charge is -2.33. The molecule has 31 heavy (non-hydrogen) atoms. The van der Waals surface area contributed by atoms with Gasteiger partial charge in [0.05, 0.1) is 18.0 Å². The molecule has 6 nitrogen and oxygen atoms in total. The summed E-state index contributed by atoms with van der Waals surface area (Å²) in [6.07, 6.45) is 0.919. The number of amides is 1. The Balaban J connectivity index is 1.89. The molecule has 3 rings (SSSR count). The van der Waals surface area contributed by atoms with Crippen LogP contribution in [0.3, 0.4) is 0 Å². The Labute approximate surface area is 180 Å². The molecule has 1 heterocycles. The van der Waals surface area contributed by atoms with Gasteiger partial charge in [-0.05, 0) is 50.1 Å². The van der Waals surface area contributed by atoms with E-state index in [1.165, 1.54) is 4.57 Å². The van der Waals surface area contributed by atoms with Crippen LogP contribution in [0.5, 0.6) is 0 Å². The van der Waals surface area contributed by atoms with Crippen LogP contribution in [0.15, 0.2) is 35.3 Å². The molecule has 0 spiro atoms. The number of pyridine rings is 1. The molecule has 1 aliphatic rings. The number of aromatic nitrogens is 1. The predicted molar refractivity (Wildman–Crippen MR) is 118 cm³/mol. The van der Waals surface area contributed by atoms with Gasteiger partial charge in [-0.2, -0.15) is 0 Å². The minimum Gasteiger partial charge on any atom is -0.380 e. The van der Waals surface area contributed by atoms with Crippen LogP contribution in [0.25, 0.3) is 11.1 Å². The average Bonchev–Trinajstić information content (AvgIpc) is 2.69. The predicted octanol–water partition coefficient (Wildman–Crippen LogP) is 4.18. The van der Waals surface area contributed by atoms with Crippen LogP contribution in [0.4, 0.5) is 20.2 Å². The summed E-state index contributed by atoms with van der Waals surface area (Å²) < 4.78 is 33.3. The molecule has 8 heteroatoms. The number of alkyl halides is 2. The van der Waals surface area contributed by atoms with Crippen molar-refractivity contribution in [2.75, 3.05) is 23.8 Å². The SMILES string of the molecule is CCOC[C@@H](C)Nc1cc(-c2cc(C)c(=O)n(C)c2)ccc1NC(=O)C1CC(F)(F)C1. The highest BCUT2D eigenvalue weighted by Gasteiger charge is 2.48. The number of nitrogens with zero attached hydrogens (tertiary/aromatic N) is 1. The minimum absolute atomic E-state index is 0.0410. The van der Waals surface area contributed by atoms with Crippen molar-refractivity contribution in [3.05, 3.63) is 46.4 Å². The van der Waals surface area contributed by atoms with Crippen molar-refractivity contribution in [3.8, 4) is 11.1 Å². The van der Waals surface area contributed by atoms with Gasteiger partial charge in [-0.25, -0.2) is 8.78 Å². The van der Waals surface area contributed by atoms with Crippen LogP contribution >= 0.6 is 0 Å². The van der Waals surface area contributed by atoms with Gasteiger partial charge < -0.3 is 19.9 Å². The van der Waals surface area contributed by atoms with Crippen LogP contribution < -0.4 is 16.2 Å². The first-order chi connectivity index (χ1) is 14.6. The lowest BCUT2D eigenvalue weighted by atomic mass is 9.80. The molecular weight excluding hydrogens is 404 g/mol. The number of anilines is 2. The van der Waals surface area contributed by atoms with E-state index in [9.17, 15) is 18.4 Å². The normalized spacial score (nSPS) is 16.5. The first-order valence-corrected chi connectivity index (χ1v) is 10.4. The molecule has 1 fully saturated rings. The quantitative estimate of drug-likeness (QED) is 0.655. The summed E-state index contributed by atoms with van der Waals surface area (Å²) >= 11 is 0. The zero-order valence-corrected chi connectivity index (χ0v) is 18.3. The molecule has 2 aromatic rings. The summed E-state index contributed by atoms with van der Waals surface area (Å²) in [6, 6.07) is 7.25. The smallest absolute Gasteiger partial charge is 0.253 e. The Bertz CT molecular complexity index is 985. The second-order valence-corrected chi connectivity index (χ2v) is 8.24. The van der Waals surface area contributed by atoms with Gasteiger partial charge in [-0.1, -0.05) is 6.07 Å². The minimum atomic E-state index is -2.75. The maximum Gasteiger partial charge on any atom is 0.253 e. The monoisotopic (exact) mass is 433 g/mol. The van der Waals surface area contributed by atoms with E-state index in [1.807, 2.05) is 32.0 Å². The fraction of sp³-hybridized carbons (Fsp3) is 0.478. The summed E-state index contributed by atoms with van der Waals surface area (Å²) in [7, 11) is 1.70. The highest BCUT2D eigenvalue weighted by Crippen LogP contribution is 2.43.